The summed E-state index contributed by atoms with van der Waals surface area (Å²) in [6.45, 7) is 4.69. The van der Waals surface area contributed by atoms with Crippen molar-refractivity contribution >= 4 is 68.2 Å². The molecule has 0 bridgehead atoms. The van der Waals surface area contributed by atoms with Crippen LogP contribution in [0.2, 0.25) is 0 Å². The van der Waals surface area contributed by atoms with Gasteiger partial charge in [-0.25, -0.2) is 4.98 Å². The number of rotatable bonds is 3. The van der Waals surface area contributed by atoms with Crippen molar-refractivity contribution in [2.45, 2.75) is 25.8 Å². The second-order valence-electron chi connectivity index (χ2n) is 5.36. The lowest BCUT2D eigenvalue weighted by molar-refractivity contribution is -0.133. The fourth-order valence-electron chi connectivity index (χ4n) is 2.62. The average molecular weight is 441 g/mol. The summed E-state index contributed by atoms with van der Waals surface area (Å²) >= 11 is 5.14. The summed E-state index contributed by atoms with van der Waals surface area (Å²) in [7, 11) is 0. The molecule has 1 aliphatic heterocycles. The van der Waals surface area contributed by atoms with Crippen LogP contribution in [0, 0.1) is 0 Å². The Bertz CT molecular complexity index is 667. The normalized spacial score (nSPS) is 17.5. The number of hydrogen-bond acceptors (Lipinski definition) is 4. The summed E-state index contributed by atoms with van der Waals surface area (Å²) in [6.07, 6.45) is 1.28. The molecule has 1 atom stereocenters. The Balaban J connectivity index is 0.00000132. The highest BCUT2D eigenvalue weighted by Gasteiger charge is 2.22. The third-order valence-electron chi connectivity index (χ3n) is 3.77. The SMILES string of the molecule is C[C@@H]1CNCCN1C(=O)CCc1nc2cc(Br)ccc2s1.Cl.Cl. The number of nitrogens with zero attached hydrogens (tertiary/aromatic N) is 2. The highest BCUT2D eigenvalue weighted by molar-refractivity contribution is 9.10. The van der Waals surface area contributed by atoms with Gasteiger partial charge in [-0.15, -0.1) is 36.2 Å². The van der Waals surface area contributed by atoms with Crippen LogP contribution in [-0.2, 0) is 11.2 Å². The van der Waals surface area contributed by atoms with Crippen molar-refractivity contribution in [2.75, 3.05) is 19.6 Å². The van der Waals surface area contributed by atoms with Crippen LogP contribution >= 0.6 is 52.1 Å². The lowest BCUT2D eigenvalue weighted by Crippen LogP contribution is -2.52. The maximum atomic E-state index is 12.3. The zero-order chi connectivity index (χ0) is 14.8. The minimum atomic E-state index is 0. The number of benzene rings is 1. The number of hydrogen-bond donors (Lipinski definition) is 1. The minimum Gasteiger partial charge on any atom is -0.337 e. The summed E-state index contributed by atoms with van der Waals surface area (Å²) in [5.74, 6) is 0.240. The highest BCUT2D eigenvalue weighted by atomic mass is 79.9. The number of thiazole rings is 1. The van der Waals surface area contributed by atoms with Crippen LogP contribution in [0.4, 0.5) is 0 Å². The van der Waals surface area contributed by atoms with E-state index in [1.807, 2.05) is 17.0 Å². The number of piperazine rings is 1. The van der Waals surface area contributed by atoms with Gasteiger partial charge in [-0.2, -0.15) is 0 Å². The van der Waals surface area contributed by atoms with E-state index >= 15 is 0 Å². The highest BCUT2D eigenvalue weighted by Crippen LogP contribution is 2.26. The second-order valence-corrected chi connectivity index (χ2v) is 7.39. The van der Waals surface area contributed by atoms with E-state index in [1.165, 1.54) is 4.70 Å². The van der Waals surface area contributed by atoms with E-state index in [4.69, 9.17) is 0 Å². The van der Waals surface area contributed by atoms with E-state index < -0.39 is 0 Å². The van der Waals surface area contributed by atoms with E-state index in [2.05, 4.69) is 39.2 Å². The molecule has 0 saturated carbocycles. The molecule has 1 N–H and O–H groups in total. The number of amides is 1. The number of nitrogens with one attached hydrogen (secondary N) is 1. The first kappa shape index (κ1) is 20.6. The third-order valence-corrected chi connectivity index (χ3v) is 5.36. The smallest absolute Gasteiger partial charge is 0.223 e. The van der Waals surface area contributed by atoms with Crippen LogP contribution < -0.4 is 5.32 Å². The van der Waals surface area contributed by atoms with Gasteiger partial charge in [0.1, 0.15) is 0 Å². The van der Waals surface area contributed by atoms with Gasteiger partial charge in [0.25, 0.3) is 0 Å². The van der Waals surface area contributed by atoms with Gasteiger partial charge >= 0.3 is 0 Å². The molecular weight excluding hydrogens is 421 g/mol. The summed E-state index contributed by atoms with van der Waals surface area (Å²) in [5, 5.41) is 4.35. The summed E-state index contributed by atoms with van der Waals surface area (Å²) in [5.41, 5.74) is 1.01. The predicted molar refractivity (Wildman–Crippen MR) is 104 cm³/mol. The Morgan fingerprint density at radius 1 is 1.48 bits per heavy atom. The van der Waals surface area contributed by atoms with Crippen LogP contribution in [0.25, 0.3) is 10.2 Å². The summed E-state index contributed by atoms with van der Waals surface area (Å²) in [4.78, 5) is 18.9. The second kappa shape index (κ2) is 9.18. The van der Waals surface area contributed by atoms with Crippen LogP contribution in [0.1, 0.15) is 18.4 Å². The molecule has 8 heteroatoms. The van der Waals surface area contributed by atoms with Crippen LogP contribution in [0.3, 0.4) is 0 Å². The molecule has 1 fully saturated rings. The lowest BCUT2D eigenvalue weighted by atomic mass is 10.2. The quantitative estimate of drug-likeness (QED) is 0.791. The van der Waals surface area contributed by atoms with Crippen LogP contribution in [0.5, 0.6) is 0 Å². The monoisotopic (exact) mass is 439 g/mol. The van der Waals surface area contributed by atoms with Crippen molar-refractivity contribution in [2.24, 2.45) is 0 Å². The van der Waals surface area contributed by atoms with Gasteiger partial charge in [0.05, 0.1) is 15.2 Å². The topological polar surface area (TPSA) is 45.2 Å². The van der Waals surface area contributed by atoms with Gasteiger partial charge in [-0.1, -0.05) is 15.9 Å². The molecule has 0 aliphatic carbocycles. The lowest BCUT2D eigenvalue weighted by Gasteiger charge is -2.34. The van der Waals surface area contributed by atoms with Crippen molar-refractivity contribution in [1.82, 2.24) is 15.2 Å². The fraction of sp³-hybridized carbons (Fsp3) is 0.467. The zero-order valence-corrected chi connectivity index (χ0v) is 16.8. The van der Waals surface area contributed by atoms with Crippen molar-refractivity contribution < 1.29 is 4.79 Å². The summed E-state index contributed by atoms with van der Waals surface area (Å²) in [6, 6.07) is 6.41. The predicted octanol–water partition coefficient (Wildman–Crippen LogP) is 3.66. The number of aryl methyl sites for hydroxylation is 1. The molecule has 3 rings (SSSR count). The minimum absolute atomic E-state index is 0. The largest absolute Gasteiger partial charge is 0.337 e. The zero-order valence-electron chi connectivity index (χ0n) is 12.8. The molecule has 1 aliphatic rings. The van der Waals surface area contributed by atoms with Gasteiger partial charge in [0, 0.05) is 43.0 Å². The van der Waals surface area contributed by atoms with Crippen LogP contribution in [-0.4, -0.2) is 41.5 Å². The Hall–Kier alpha value is -0.400. The Kier molecular flexibility index (Phi) is 8.24. The first-order chi connectivity index (χ1) is 10.1. The van der Waals surface area contributed by atoms with Gasteiger partial charge < -0.3 is 10.2 Å². The molecule has 23 heavy (non-hydrogen) atoms. The fourth-order valence-corrected chi connectivity index (χ4v) is 3.92. The molecule has 1 aromatic carbocycles. The molecule has 4 nitrogen and oxygen atoms in total. The molecular formula is C15H20BrCl2N3OS. The van der Waals surface area contributed by atoms with Crippen molar-refractivity contribution in [3.05, 3.63) is 27.7 Å². The van der Waals surface area contributed by atoms with E-state index in [0.29, 0.717) is 6.42 Å². The summed E-state index contributed by atoms with van der Waals surface area (Å²) < 4.78 is 2.22. The van der Waals surface area contributed by atoms with E-state index in [9.17, 15) is 4.79 Å². The first-order valence-corrected chi connectivity index (χ1v) is 8.79. The Morgan fingerprint density at radius 3 is 3.00 bits per heavy atom. The van der Waals surface area contributed by atoms with Crippen molar-refractivity contribution in [1.29, 1.82) is 0 Å². The Labute approximate surface area is 161 Å². The molecule has 0 spiro atoms. The molecule has 0 unspecified atom stereocenters. The van der Waals surface area contributed by atoms with E-state index in [0.717, 1.165) is 41.1 Å². The number of carbonyl (C=O) groups excluding carboxylic acids is 1. The van der Waals surface area contributed by atoms with Gasteiger partial charge in [0.15, 0.2) is 0 Å². The van der Waals surface area contributed by atoms with Crippen molar-refractivity contribution in [3.8, 4) is 0 Å². The number of halogens is 3. The van der Waals surface area contributed by atoms with Crippen LogP contribution in [0.15, 0.2) is 22.7 Å². The van der Waals surface area contributed by atoms with Gasteiger partial charge in [0.2, 0.25) is 5.91 Å². The molecule has 128 valence electrons. The number of aromatic nitrogens is 1. The molecule has 2 heterocycles. The van der Waals surface area contributed by atoms with E-state index in [1.54, 1.807) is 11.3 Å². The molecule has 1 amide bonds. The first-order valence-electron chi connectivity index (χ1n) is 7.18. The molecule has 1 aromatic heterocycles. The number of fused-ring (bicyclic) bond motifs is 1. The molecule has 0 radical (unpaired) electrons. The van der Waals surface area contributed by atoms with Gasteiger partial charge in [-0.3, -0.25) is 4.79 Å². The Morgan fingerprint density at radius 2 is 2.26 bits per heavy atom. The van der Waals surface area contributed by atoms with E-state index in [-0.39, 0.29) is 36.8 Å². The van der Waals surface area contributed by atoms with Gasteiger partial charge in [-0.05, 0) is 25.1 Å². The van der Waals surface area contributed by atoms with Crippen molar-refractivity contribution in [3.63, 3.8) is 0 Å². The number of carbonyl (C=O) groups is 1. The maximum Gasteiger partial charge on any atom is 0.223 e. The molecule has 1 saturated heterocycles. The molecule has 2 aromatic rings. The maximum absolute atomic E-state index is 12.3. The standard InChI is InChI=1S/C15H18BrN3OS.2ClH/c1-10-9-17-6-7-19(10)15(20)5-4-14-18-12-8-11(16)2-3-13(12)21-14;;/h2-3,8,10,17H,4-7,9H2,1H3;2*1H/t10-;;/m1../s1. The average Bonchev–Trinajstić information content (AvgIpc) is 2.87. The third kappa shape index (κ3) is 5.03.